The predicted molar refractivity (Wildman–Crippen MR) is 77.1 cm³/mol. The number of hydrogen-bond donors (Lipinski definition) is 0. The van der Waals surface area contributed by atoms with Crippen LogP contribution < -0.4 is 0 Å². The fraction of sp³-hybridized carbons (Fsp3) is 0.571. The summed E-state index contributed by atoms with van der Waals surface area (Å²) in [6.45, 7) is 9.17. The van der Waals surface area contributed by atoms with Crippen molar-refractivity contribution in [2.75, 3.05) is 13.1 Å². The molecule has 0 aliphatic carbocycles. The van der Waals surface area contributed by atoms with Crippen LogP contribution in [0.4, 0.5) is 0 Å². The van der Waals surface area contributed by atoms with Gasteiger partial charge in [0.25, 0.3) is 5.91 Å². The molecule has 1 aliphatic heterocycles. The third kappa shape index (κ3) is 3.54. The highest BCUT2D eigenvalue weighted by atomic mass is 79.9. The van der Waals surface area contributed by atoms with Gasteiger partial charge in [-0.1, -0.05) is 0 Å². The second kappa shape index (κ2) is 4.87. The van der Waals surface area contributed by atoms with Crippen LogP contribution in [0, 0.1) is 0 Å². The zero-order valence-corrected chi connectivity index (χ0v) is 13.3. The number of carbonyl (C=O) groups excluding carboxylic acids is 1. The molecule has 0 spiro atoms. The van der Waals surface area contributed by atoms with Gasteiger partial charge in [-0.2, -0.15) is 0 Å². The number of ether oxygens (including phenoxy) is 1. The van der Waals surface area contributed by atoms with Crippen LogP contribution in [0.5, 0.6) is 0 Å². The standard InChI is InChI=1S/C14H19BrN2O2/c1-13(2)8-17(9-14(3,4)19-13)12(18)11-6-5-10(15)7-16-11/h5-7H,8-9H2,1-4H3. The third-order valence-corrected chi connectivity index (χ3v) is 3.40. The van der Waals surface area contributed by atoms with Crippen molar-refractivity contribution in [1.29, 1.82) is 0 Å². The van der Waals surface area contributed by atoms with Gasteiger partial charge in [-0.15, -0.1) is 0 Å². The maximum Gasteiger partial charge on any atom is 0.272 e. The normalized spacial score (nSPS) is 21.2. The summed E-state index contributed by atoms with van der Waals surface area (Å²) < 4.78 is 6.84. The molecule has 1 saturated heterocycles. The molecule has 2 heterocycles. The fourth-order valence-corrected chi connectivity index (χ4v) is 2.83. The van der Waals surface area contributed by atoms with E-state index in [0.29, 0.717) is 18.8 Å². The number of morpholine rings is 1. The predicted octanol–water partition coefficient (Wildman–Crippen LogP) is 2.87. The van der Waals surface area contributed by atoms with E-state index in [1.807, 2.05) is 38.7 Å². The largest absolute Gasteiger partial charge is 0.366 e. The summed E-state index contributed by atoms with van der Waals surface area (Å²) in [6.07, 6.45) is 1.64. The highest BCUT2D eigenvalue weighted by molar-refractivity contribution is 9.10. The molecule has 0 radical (unpaired) electrons. The second-order valence-corrected chi connectivity index (χ2v) is 7.06. The van der Waals surface area contributed by atoms with Gasteiger partial charge in [-0.25, -0.2) is 4.98 Å². The molecule has 19 heavy (non-hydrogen) atoms. The smallest absolute Gasteiger partial charge is 0.272 e. The number of halogens is 1. The summed E-state index contributed by atoms with van der Waals surface area (Å²) in [5.74, 6) is -0.0445. The molecule has 0 bridgehead atoms. The van der Waals surface area contributed by atoms with E-state index in [-0.39, 0.29) is 17.1 Å². The molecular weight excluding hydrogens is 308 g/mol. The molecule has 1 aromatic heterocycles. The molecule has 4 nitrogen and oxygen atoms in total. The molecule has 1 amide bonds. The van der Waals surface area contributed by atoms with Crippen molar-refractivity contribution in [1.82, 2.24) is 9.88 Å². The molecule has 2 rings (SSSR count). The van der Waals surface area contributed by atoms with Gasteiger partial charge in [0.05, 0.1) is 11.2 Å². The first-order valence-corrected chi connectivity index (χ1v) is 7.09. The van der Waals surface area contributed by atoms with Crippen LogP contribution in [0.15, 0.2) is 22.8 Å². The summed E-state index contributed by atoms with van der Waals surface area (Å²) in [5.41, 5.74) is -0.212. The van der Waals surface area contributed by atoms with E-state index in [9.17, 15) is 4.79 Å². The molecule has 5 heteroatoms. The van der Waals surface area contributed by atoms with Crippen molar-refractivity contribution in [2.24, 2.45) is 0 Å². The second-order valence-electron chi connectivity index (χ2n) is 6.14. The number of nitrogens with zero attached hydrogens (tertiary/aromatic N) is 2. The maximum absolute atomic E-state index is 12.5. The lowest BCUT2D eigenvalue weighted by Gasteiger charge is -2.47. The number of amides is 1. The molecule has 0 saturated carbocycles. The fourth-order valence-electron chi connectivity index (χ4n) is 2.60. The first-order valence-electron chi connectivity index (χ1n) is 6.30. The van der Waals surface area contributed by atoms with E-state index in [2.05, 4.69) is 20.9 Å². The van der Waals surface area contributed by atoms with Crippen molar-refractivity contribution in [2.45, 2.75) is 38.9 Å². The van der Waals surface area contributed by atoms with Gasteiger partial charge >= 0.3 is 0 Å². The van der Waals surface area contributed by atoms with Gasteiger partial charge in [-0.3, -0.25) is 4.79 Å². The highest BCUT2D eigenvalue weighted by Crippen LogP contribution is 2.28. The lowest BCUT2D eigenvalue weighted by molar-refractivity contribution is -0.171. The van der Waals surface area contributed by atoms with Crippen molar-refractivity contribution < 1.29 is 9.53 Å². The zero-order valence-electron chi connectivity index (χ0n) is 11.7. The minimum Gasteiger partial charge on any atom is -0.366 e. The Kier molecular flexibility index (Phi) is 3.71. The number of carbonyl (C=O) groups is 1. The highest BCUT2D eigenvalue weighted by Gasteiger charge is 2.40. The Bertz CT molecular complexity index is 467. The molecule has 1 aliphatic rings. The van der Waals surface area contributed by atoms with Gasteiger partial charge in [0.2, 0.25) is 0 Å². The number of aromatic nitrogens is 1. The minimum absolute atomic E-state index is 0.0445. The quantitative estimate of drug-likeness (QED) is 0.796. The van der Waals surface area contributed by atoms with Crippen LogP contribution >= 0.6 is 15.9 Å². The summed E-state index contributed by atoms with van der Waals surface area (Å²) >= 11 is 3.32. The van der Waals surface area contributed by atoms with Crippen molar-refractivity contribution in [3.63, 3.8) is 0 Å². The summed E-state index contributed by atoms with van der Waals surface area (Å²) in [7, 11) is 0. The molecule has 0 unspecified atom stereocenters. The third-order valence-electron chi connectivity index (χ3n) is 2.93. The van der Waals surface area contributed by atoms with E-state index < -0.39 is 0 Å². The van der Waals surface area contributed by atoms with Crippen LogP contribution in [0.3, 0.4) is 0 Å². The monoisotopic (exact) mass is 326 g/mol. The van der Waals surface area contributed by atoms with Crippen LogP contribution in [0.2, 0.25) is 0 Å². The molecular formula is C14H19BrN2O2. The van der Waals surface area contributed by atoms with Crippen LogP contribution in [-0.4, -0.2) is 40.1 Å². The number of hydrogen-bond acceptors (Lipinski definition) is 3. The Labute approximate surface area is 122 Å². The maximum atomic E-state index is 12.5. The molecule has 0 atom stereocenters. The summed E-state index contributed by atoms with van der Waals surface area (Å²) in [4.78, 5) is 18.5. The Morgan fingerprint density at radius 3 is 2.32 bits per heavy atom. The average molecular weight is 327 g/mol. The molecule has 1 fully saturated rings. The summed E-state index contributed by atoms with van der Waals surface area (Å²) in [5, 5.41) is 0. The Balaban J connectivity index is 2.21. The topological polar surface area (TPSA) is 42.4 Å². The van der Waals surface area contributed by atoms with Gasteiger partial charge in [0.1, 0.15) is 5.69 Å². The molecule has 1 aromatic rings. The van der Waals surface area contributed by atoms with E-state index in [4.69, 9.17) is 4.74 Å². The first kappa shape index (κ1) is 14.5. The van der Waals surface area contributed by atoms with Crippen molar-refractivity contribution >= 4 is 21.8 Å². The van der Waals surface area contributed by atoms with Gasteiger partial charge in [0, 0.05) is 23.8 Å². The SMILES string of the molecule is CC1(C)CN(C(=O)c2ccc(Br)cn2)CC(C)(C)O1. The zero-order chi connectivity index (χ0) is 14.3. The van der Waals surface area contributed by atoms with E-state index in [1.165, 1.54) is 0 Å². The minimum atomic E-state index is -0.341. The van der Waals surface area contributed by atoms with Gasteiger partial charge < -0.3 is 9.64 Å². The van der Waals surface area contributed by atoms with Crippen LogP contribution in [0.1, 0.15) is 38.2 Å². The van der Waals surface area contributed by atoms with Crippen LogP contribution in [-0.2, 0) is 4.74 Å². The van der Waals surface area contributed by atoms with E-state index in [1.54, 1.807) is 12.3 Å². The van der Waals surface area contributed by atoms with E-state index in [0.717, 1.165) is 4.47 Å². The van der Waals surface area contributed by atoms with Crippen LogP contribution in [0.25, 0.3) is 0 Å². The molecule has 0 N–H and O–H groups in total. The van der Waals surface area contributed by atoms with Gasteiger partial charge in [0.15, 0.2) is 0 Å². The first-order chi connectivity index (χ1) is 8.69. The average Bonchev–Trinajstić information content (AvgIpc) is 2.25. The summed E-state index contributed by atoms with van der Waals surface area (Å²) in [6, 6.07) is 3.57. The Hall–Kier alpha value is -0.940. The molecule has 104 valence electrons. The van der Waals surface area contributed by atoms with Crippen molar-refractivity contribution in [3.05, 3.63) is 28.5 Å². The number of rotatable bonds is 1. The van der Waals surface area contributed by atoms with Gasteiger partial charge in [-0.05, 0) is 55.8 Å². The molecule has 0 aromatic carbocycles. The lowest BCUT2D eigenvalue weighted by Crippen LogP contribution is -2.58. The van der Waals surface area contributed by atoms with Crippen molar-refractivity contribution in [3.8, 4) is 0 Å². The number of pyridine rings is 1. The Morgan fingerprint density at radius 1 is 1.26 bits per heavy atom. The van der Waals surface area contributed by atoms with E-state index >= 15 is 0 Å². The lowest BCUT2D eigenvalue weighted by atomic mass is 9.98. The Morgan fingerprint density at radius 2 is 1.84 bits per heavy atom.